The van der Waals surface area contributed by atoms with Crippen LogP contribution in [0.15, 0.2) is 129 Å². The van der Waals surface area contributed by atoms with Gasteiger partial charge in [0.2, 0.25) is 0 Å². The summed E-state index contributed by atoms with van der Waals surface area (Å²) in [6.07, 6.45) is 0.351. The van der Waals surface area contributed by atoms with E-state index in [2.05, 4.69) is 10.3 Å². The van der Waals surface area contributed by atoms with Crippen LogP contribution in [0.2, 0.25) is 0 Å². The second-order valence-electron chi connectivity index (χ2n) is 8.99. The Morgan fingerprint density at radius 3 is 1.18 bits per heavy atom. The number of hydrogen-bond donors (Lipinski definition) is 0. The highest BCUT2D eigenvalue weighted by Gasteiger charge is 2.19. The maximum atomic E-state index is 12.8. The minimum atomic E-state index is -4.16. The first-order chi connectivity index (χ1) is 19.1. The van der Waals surface area contributed by atoms with E-state index in [0.29, 0.717) is 22.6 Å². The molecule has 0 aromatic heterocycles. The highest BCUT2D eigenvalue weighted by molar-refractivity contribution is 7.87. The van der Waals surface area contributed by atoms with Crippen molar-refractivity contribution >= 4 is 31.7 Å². The fraction of sp³-hybridized carbons (Fsp3) is 0.133. The quantitative estimate of drug-likeness (QED) is 0.160. The molecule has 0 aliphatic carbocycles. The normalized spacial score (nSPS) is 12.7. The summed E-state index contributed by atoms with van der Waals surface area (Å²) in [5.41, 5.74) is 3.77. The molecule has 10 heteroatoms. The zero-order valence-electron chi connectivity index (χ0n) is 22.0. The van der Waals surface area contributed by atoms with E-state index in [0.717, 1.165) is 11.1 Å². The number of rotatable bonds is 11. The lowest BCUT2D eigenvalue weighted by molar-refractivity contribution is 0.335. The van der Waals surface area contributed by atoms with Crippen LogP contribution in [-0.4, -0.2) is 28.3 Å². The Morgan fingerprint density at radius 2 is 0.850 bits per heavy atom. The summed E-state index contributed by atoms with van der Waals surface area (Å²) >= 11 is 0. The highest BCUT2D eigenvalue weighted by atomic mass is 32.2. The van der Waals surface area contributed by atoms with Crippen molar-refractivity contribution in [3.63, 3.8) is 0 Å². The van der Waals surface area contributed by atoms with E-state index in [4.69, 9.17) is 8.57 Å². The first kappa shape index (κ1) is 28.7. The van der Waals surface area contributed by atoms with Gasteiger partial charge in [-0.3, -0.25) is 8.57 Å². The summed E-state index contributed by atoms with van der Waals surface area (Å²) in [6, 6.07) is 30.4. The van der Waals surface area contributed by atoms with E-state index < -0.39 is 20.2 Å². The van der Waals surface area contributed by atoms with Gasteiger partial charge in [-0.05, 0) is 62.1 Å². The number of nitrogens with zero attached hydrogens (tertiary/aromatic N) is 2. The zero-order chi connectivity index (χ0) is 28.6. The third-order valence-electron chi connectivity index (χ3n) is 5.92. The van der Waals surface area contributed by atoms with Crippen molar-refractivity contribution in [2.24, 2.45) is 10.3 Å². The molecule has 0 aliphatic rings. The Hall–Kier alpha value is -4.28. The van der Waals surface area contributed by atoms with Gasteiger partial charge in [0.25, 0.3) is 0 Å². The maximum Gasteiger partial charge on any atom is 0.358 e. The van der Waals surface area contributed by atoms with Crippen LogP contribution in [0.5, 0.6) is 0 Å². The van der Waals surface area contributed by atoms with Crippen molar-refractivity contribution in [3.05, 3.63) is 131 Å². The first-order valence-electron chi connectivity index (χ1n) is 12.4. The van der Waals surface area contributed by atoms with Gasteiger partial charge in [-0.1, -0.05) is 106 Å². The lowest BCUT2D eigenvalue weighted by atomic mass is 10.0. The van der Waals surface area contributed by atoms with Crippen LogP contribution in [-0.2, 0) is 28.8 Å². The molecule has 0 heterocycles. The van der Waals surface area contributed by atoms with E-state index in [1.54, 1.807) is 72.8 Å². The zero-order valence-corrected chi connectivity index (χ0v) is 23.6. The highest BCUT2D eigenvalue weighted by Crippen LogP contribution is 2.18. The predicted molar refractivity (Wildman–Crippen MR) is 154 cm³/mol. The molecule has 0 atom stereocenters. The Morgan fingerprint density at radius 1 is 0.525 bits per heavy atom. The molecular formula is C30H28N2O6S2. The van der Waals surface area contributed by atoms with Gasteiger partial charge in [-0.25, -0.2) is 0 Å². The molecule has 0 unspecified atom stereocenters. The Bertz CT molecular complexity index is 1570. The molecule has 4 rings (SSSR count). The summed E-state index contributed by atoms with van der Waals surface area (Å²) < 4.78 is 61.2. The molecule has 8 nitrogen and oxygen atoms in total. The Balaban J connectivity index is 1.61. The van der Waals surface area contributed by atoms with Gasteiger partial charge in [0, 0.05) is 0 Å². The molecule has 4 aromatic rings. The largest absolute Gasteiger partial charge is 0.358 e. The average molecular weight is 577 g/mol. The van der Waals surface area contributed by atoms with Gasteiger partial charge in [-0.2, -0.15) is 16.8 Å². The molecule has 0 amide bonds. The summed E-state index contributed by atoms with van der Waals surface area (Å²) in [4.78, 5) is -0.0361. The average Bonchev–Trinajstić information content (AvgIpc) is 2.96. The standard InChI is InChI=1S/C30H28N2O6S2/c1-23-13-17-27(18-14-23)39(33,34)37-31-29(25-9-5-3-6-10-25)21-22-30(26-11-7-4-8-12-26)32-38-40(35,36)28-19-15-24(2)16-20-28/h3-20H,21-22H2,1-2H3/b31-29+,32-30+. The van der Waals surface area contributed by atoms with Crippen LogP contribution in [0.25, 0.3) is 0 Å². The smallest absolute Gasteiger partial charge is 0.264 e. The van der Waals surface area contributed by atoms with Crippen molar-refractivity contribution in [1.29, 1.82) is 0 Å². The summed E-state index contributed by atoms with van der Waals surface area (Å²) in [5, 5.41) is 8.02. The predicted octanol–water partition coefficient (Wildman–Crippen LogP) is 6.00. The molecule has 206 valence electrons. The van der Waals surface area contributed by atoms with Crippen LogP contribution in [0.1, 0.15) is 35.1 Å². The van der Waals surface area contributed by atoms with Gasteiger partial charge in [0.15, 0.2) is 0 Å². The monoisotopic (exact) mass is 576 g/mol. The van der Waals surface area contributed by atoms with Gasteiger partial charge < -0.3 is 0 Å². The van der Waals surface area contributed by atoms with Crippen LogP contribution in [0, 0.1) is 13.8 Å². The van der Waals surface area contributed by atoms with E-state index in [1.165, 1.54) is 24.3 Å². The van der Waals surface area contributed by atoms with Crippen molar-refractivity contribution in [1.82, 2.24) is 0 Å². The fourth-order valence-electron chi connectivity index (χ4n) is 3.67. The van der Waals surface area contributed by atoms with Crippen LogP contribution in [0.4, 0.5) is 0 Å². The van der Waals surface area contributed by atoms with Crippen LogP contribution in [0.3, 0.4) is 0 Å². The molecule has 0 aliphatic heterocycles. The SMILES string of the molecule is Cc1ccc(S(=O)(=O)O/N=C(\CC/C(=N\OS(=O)(=O)c2ccc(C)cc2)c2ccccc2)c2ccccc2)cc1. The van der Waals surface area contributed by atoms with Gasteiger partial charge >= 0.3 is 20.2 Å². The molecule has 0 N–H and O–H groups in total. The third kappa shape index (κ3) is 7.64. The lowest BCUT2D eigenvalue weighted by Crippen LogP contribution is -2.12. The first-order valence-corrected chi connectivity index (χ1v) is 15.2. The molecule has 0 spiro atoms. The topological polar surface area (TPSA) is 111 Å². The van der Waals surface area contributed by atoms with E-state index in [-0.39, 0.29) is 22.6 Å². The number of oxime groups is 2. The molecular weight excluding hydrogens is 548 g/mol. The maximum absolute atomic E-state index is 12.8. The van der Waals surface area contributed by atoms with Crippen molar-refractivity contribution in [2.45, 2.75) is 36.5 Å². The molecule has 0 saturated carbocycles. The Kier molecular flexibility index (Phi) is 9.13. The minimum absolute atomic E-state index is 0.0180. The van der Waals surface area contributed by atoms with Gasteiger partial charge in [-0.15, -0.1) is 0 Å². The number of benzene rings is 4. The molecule has 0 radical (unpaired) electrons. The number of hydrogen-bond acceptors (Lipinski definition) is 8. The van der Waals surface area contributed by atoms with Gasteiger partial charge in [0.05, 0.1) is 11.4 Å². The Labute approximate surface area is 234 Å². The number of aryl methyl sites for hydroxylation is 2. The molecule has 40 heavy (non-hydrogen) atoms. The molecule has 0 bridgehead atoms. The van der Waals surface area contributed by atoms with E-state index >= 15 is 0 Å². The van der Waals surface area contributed by atoms with Gasteiger partial charge in [0.1, 0.15) is 9.79 Å². The second kappa shape index (κ2) is 12.7. The van der Waals surface area contributed by atoms with E-state index in [9.17, 15) is 16.8 Å². The van der Waals surface area contributed by atoms with Crippen LogP contribution < -0.4 is 0 Å². The lowest BCUT2D eigenvalue weighted by Gasteiger charge is -2.10. The molecule has 4 aromatic carbocycles. The fourth-order valence-corrected chi connectivity index (χ4v) is 5.15. The minimum Gasteiger partial charge on any atom is -0.264 e. The van der Waals surface area contributed by atoms with Crippen molar-refractivity contribution in [2.75, 3.05) is 0 Å². The van der Waals surface area contributed by atoms with Crippen molar-refractivity contribution in [3.8, 4) is 0 Å². The summed E-state index contributed by atoms with van der Waals surface area (Å²) in [5.74, 6) is 0. The molecule has 0 saturated heterocycles. The molecule has 0 fully saturated rings. The van der Waals surface area contributed by atoms with Crippen LogP contribution >= 0.6 is 0 Å². The van der Waals surface area contributed by atoms with Crippen molar-refractivity contribution < 1.29 is 25.4 Å². The van der Waals surface area contributed by atoms with E-state index in [1.807, 2.05) is 26.0 Å². The second-order valence-corrected chi connectivity index (χ2v) is 12.0. The summed E-state index contributed by atoms with van der Waals surface area (Å²) in [7, 11) is -8.31. The third-order valence-corrected chi connectivity index (χ3v) is 8.16. The summed E-state index contributed by atoms with van der Waals surface area (Å²) in [6.45, 7) is 3.70.